The number of benzene rings is 1. The van der Waals surface area contributed by atoms with Gasteiger partial charge in [0.15, 0.2) is 0 Å². The van der Waals surface area contributed by atoms with E-state index in [1.54, 1.807) is 24.4 Å². The van der Waals surface area contributed by atoms with Crippen LogP contribution in [0, 0.1) is 5.92 Å². The Morgan fingerprint density at radius 2 is 1.95 bits per heavy atom. The number of amides is 2. The highest BCUT2D eigenvalue weighted by Gasteiger charge is 2.10. The summed E-state index contributed by atoms with van der Waals surface area (Å²) in [5.74, 6) is 0.582. The van der Waals surface area contributed by atoms with Crippen molar-refractivity contribution >= 4 is 34.9 Å². The van der Waals surface area contributed by atoms with E-state index in [2.05, 4.69) is 16.7 Å². The highest BCUT2D eigenvalue weighted by atomic mass is 35.5. The van der Waals surface area contributed by atoms with Crippen LogP contribution in [-0.2, 0) is 0 Å². The summed E-state index contributed by atoms with van der Waals surface area (Å²) in [6.45, 7) is 0. The molecule has 2 amide bonds. The number of anilines is 1. The molecule has 1 aromatic rings. The molecule has 0 saturated heterocycles. The summed E-state index contributed by atoms with van der Waals surface area (Å²) in [5, 5.41) is 6.13. The summed E-state index contributed by atoms with van der Waals surface area (Å²) < 4.78 is 0. The SMILES string of the molecule is O=C(N/C=C/C1CCCCC1)Nc1cccc(Cl)c1Cl. The Kier molecular flexibility index (Phi) is 5.74. The van der Waals surface area contributed by atoms with Crippen LogP contribution in [0.15, 0.2) is 30.5 Å². The molecule has 1 aromatic carbocycles. The lowest BCUT2D eigenvalue weighted by atomic mass is 9.89. The van der Waals surface area contributed by atoms with Gasteiger partial charge in [-0.1, -0.05) is 54.6 Å². The van der Waals surface area contributed by atoms with Gasteiger partial charge in [0.1, 0.15) is 0 Å². The van der Waals surface area contributed by atoms with Gasteiger partial charge in [0.2, 0.25) is 0 Å². The number of carbonyl (C=O) groups excluding carboxylic acids is 1. The van der Waals surface area contributed by atoms with Gasteiger partial charge in [-0.05, 0) is 30.9 Å². The van der Waals surface area contributed by atoms with E-state index in [0.717, 1.165) is 0 Å². The van der Waals surface area contributed by atoms with Gasteiger partial charge >= 0.3 is 6.03 Å². The van der Waals surface area contributed by atoms with Crippen molar-refractivity contribution in [3.63, 3.8) is 0 Å². The van der Waals surface area contributed by atoms with Gasteiger partial charge in [0.05, 0.1) is 15.7 Å². The molecule has 0 aromatic heterocycles. The standard InChI is InChI=1S/C15H18Cl2N2O/c16-12-7-4-8-13(14(12)17)19-15(20)18-10-9-11-5-2-1-3-6-11/h4,7-11H,1-3,5-6H2,(H2,18,19,20)/b10-9+. The lowest BCUT2D eigenvalue weighted by Gasteiger charge is -2.17. The number of halogens is 2. The number of carbonyl (C=O) groups is 1. The third-order valence-corrected chi connectivity index (χ3v) is 4.25. The first-order valence-electron chi connectivity index (χ1n) is 6.85. The Bertz CT molecular complexity index is 497. The van der Waals surface area contributed by atoms with E-state index < -0.39 is 0 Å². The van der Waals surface area contributed by atoms with Gasteiger partial charge < -0.3 is 10.6 Å². The molecule has 0 spiro atoms. The molecule has 0 bridgehead atoms. The van der Waals surface area contributed by atoms with E-state index in [1.165, 1.54) is 32.1 Å². The topological polar surface area (TPSA) is 41.1 Å². The van der Waals surface area contributed by atoms with Crippen LogP contribution in [0.25, 0.3) is 0 Å². The monoisotopic (exact) mass is 312 g/mol. The van der Waals surface area contributed by atoms with Crippen LogP contribution in [-0.4, -0.2) is 6.03 Å². The van der Waals surface area contributed by atoms with Crippen molar-refractivity contribution < 1.29 is 4.79 Å². The zero-order valence-electron chi connectivity index (χ0n) is 11.2. The minimum absolute atomic E-state index is 0.318. The fraction of sp³-hybridized carbons (Fsp3) is 0.400. The van der Waals surface area contributed by atoms with Crippen molar-refractivity contribution in [3.05, 3.63) is 40.5 Å². The molecule has 0 unspecified atom stereocenters. The van der Waals surface area contributed by atoms with E-state index >= 15 is 0 Å². The number of nitrogens with one attached hydrogen (secondary N) is 2. The predicted molar refractivity (Wildman–Crippen MR) is 84.3 cm³/mol. The lowest BCUT2D eigenvalue weighted by molar-refractivity contribution is 0.255. The summed E-state index contributed by atoms with van der Waals surface area (Å²) in [7, 11) is 0. The average Bonchev–Trinajstić information content (AvgIpc) is 2.45. The molecular weight excluding hydrogens is 295 g/mol. The number of hydrogen-bond donors (Lipinski definition) is 2. The van der Waals surface area contributed by atoms with Crippen LogP contribution < -0.4 is 10.6 Å². The van der Waals surface area contributed by atoms with E-state index in [-0.39, 0.29) is 6.03 Å². The average molecular weight is 313 g/mol. The molecule has 2 N–H and O–H groups in total. The first-order valence-corrected chi connectivity index (χ1v) is 7.60. The molecule has 108 valence electrons. The largest absolute Gasteiger partial charge is 0.323 e. The van der Waals surface area contributed by atoms with Gasteiger partial charge in [0.25, 0.3) is 0 Å². The van der Waals surface area contributed by atoms with Crippen molar-refractivity contribution in [1.82, 2.24) is 5.32 Å². The van der Waals surface area contributed by atoms with Crippen molar-refractivity contribution in [2.45, 2.75) is 32.1 Å². The second kappa shape index (κ2) is 7.55. The zero-order chi connectivity index (χ0) is 14.4. The van der Waals surface area contributed by atoms with Gasteiger partial charge in [0, 0.05) is 6.20 Å². The normalized spacial score (nSPS) is 16.3. The Morgan fingerprint density at radius 3 is 2.70 bits per heavy atom. The molecule has 1 saturated carbocycles. The number of hydrogen-bond acceptors (Lipinski definition) is 1. The Hall–Kier alpha value is -1.19. The molecule has 0 heterocycles. The molecule has 0 atom stereocenters. The summed E-state index contributed by atoms with van der Waals surface area (Å²) >= 11 is 11.9. The maximum absolute atomic E-state index is 11.7. The van der Waals surface area contributed by atoms with Gasteiger partial charge in [-0.3, -0.25) is 0 Å². The fourth-order valence-electron chi connectivity index (χ4n) is 2.35. The van der Waals surface area contributed by atoms with E-state index in [4.69, 9.17) is 23.2 Å². The van der Waals surface area contributed by atoms with Crippen molar-refractivity contribution in [3.8, 4) is 0 Å². The van der Waals surface area contributed by atoms with Gasteiger partial charge in [-0.15, -0.1) is 0 Å². The van der Waals surface area contributed by atoms with Crippen molar-refractivity contribution in [1.29, 1.82) is 0 Å². The number of urea groups is 1. The van der Waals surface area contributed by atoms with E-state index in [0.29, 0.717) is 21.7 Å². The van der Waals surface area contributed by atoms with E-state index in [1.807, 2.05) is 0 Å². The number of allylic oxidation sites excluding steroid dienone is 1. The van der Waals surface area contributed by atoms with Crippen LogP contribution in [0.3, 0.4) is 0 Å². The molecular formula is C15H18Cl2N2O. The maximum Gasteiger partial charge on any atom is 0.323 e. The van der Waals surface area contributed by atoms with Crippen LogP contribution in [0.4, 0.5) is 10.5 Å². The number of rotatable bonds is 3. The Morgan fingerprint density at radius 1 is 1.20 bits per heavy atom. The fourth-order valence-corrected chi connectivity index (χ4v) is 2.69. The highest BCUT2D eigenvalue weighted by Crippen LogP contribution is 2.29. The van der Waals surface area contributed by atoms with Gasteiger partial charge in [-0.2, -0.15) is 0 Å². The summed E-state index contributed by atoms with van der Waals surface area (Å²) in [6.07, 6.45) is 10.1. The molecule has 1 aliphatic rings. The molecule has 20 heavy (non-hydrogen) atoms. The maximum atomic E-state index is 11.7. The van der Waals surface area contributed by atoms with Crippen molar-refractivity contribution in [2.75, 3.05) is 5.32 Å². The minimum atomic E-state index is -0.318. The summed E-state index contributed by atoms with van der Waals surface area (Å²) in [6, 6.07) is 4.80. The highest BCUT2D eigenvalue weighted by molar-refractivity contribution is 6.43. The van der Waals surface area contributed by atoms with Crippen LogP contribution in [0.5, 0.6) is 0 Å². The molecule has 1 aliphatic carbocycles. The summed E-state index contributed by atoms with van der Waals surface area (Å²) in [5.41, 5.74) is 0.503. The molecule has 3 nitrogen and oxygen atoms in total. The zero-order valence-corrected chi connectivity index (χ0v) is 12.7. The minimum Gasteiger partial charge on any atom is -0.315 e. The molecule has 0 radical (unpaired) electrons. The quantitative estimate of drug-likeness (QED) is 0.790. The van der Waals surface area contributed by atoms with Crippen LogP contribution in [0.1, 0.15) is 32.1 Å². The first kappa shape index (κ1) is 15.2. The van der Waals surface area contributed by atoms with Crippen LogP contribution in [0.2, 0.25) is 10.0 Å². The third kappa shape index (κ3) is 4.43. The van der Waals surface area contributed by atoms with Crippen LogP contribution >= 0.6 is 23.2 Å². The van der Waals surface area contributed by atoms with E-state index in [9.17, 15) is 4.79 Å². The molecule has 1 fully saturated rings. The Balaban J connectivity index is 1.83. The lowest BCUT2D eigenvalue weighted by Crippen LogP contribution is -2.24. The molecule has 0 aliphatic heterocycles. The Labute approximate surface area is 129 Å². The smallest absolute Gasteiger partial charge is 0.315 e. The predicted octanol–water partition coefficient (Wildman–Crippen LogP) is 5.21. The van der Waals surface area contributed by atoms with Gasteiger partial charge in [-0.25, -0.2) is 4.79 Å². The third-order valence-electron chi connectivity index (χ3n) is 3.43. The van der Waals surface area contributed by atoms with Crippen molar-refractivity contribution in [2.24, 2.45) is 5.92 Å². The summed E-state index contributed by atoms with van der Waals surface area (Å²) in [4.78, 5) is 11.7. The second-order valence-corrected chi connectivity index (χ2v) is 5.74. The second-order valence-electron chi connectivity index (χ2n) is 4.96. The molecule has 2 rings (SSSR count). The molecule has 5 heteroatoms. The first-order chi connectivity index (χ1) is 9.66.